The Labute approximate surface area is 182 Å². The number of nitrogens with zero attached hydrogens (tertiary/aromatic N) is 2. The minimum Gasteiger partial charge on any atom is -0.493 e. The van der Waals surface area contributed by atoms with Crippen LogP contribution in [-0.2, 0) is 11.4 Å². The average molecular weight is 482 g/mol. The molecule has 0 aromatic heterocycles. The van der Waals surface area contributed by atoms with Gasteiger partial charge in [0.2, 0.25) is 0 Å². The van der Waals surface area contributed by atoms with Gasteiger partial charge in [-0.1, -0.05) is 23.7 Å². The Bertz CT molecular complexity index is 980. The number of rotatable bonds is 5. The van der Waals surface area contributed by atoms with Crippen LogP contribution in [0.2, 0.25) is 5.02 Å². The molecular weight excluding hydrogens is 464 g/mol. The summed E-state index contributed by atoms with van der Waals surface area (Å²) in [6.45, 7) is 0.343. The summed E-state index contributed by atoms with van der Waals surface area (Å²) in [5.74, 6) is 0.972. The van der Waals surface area contributed by atoms with E-state index in [4.69, 9.17) is 33.3 Å². The fourth-order valence-corrected chi connectivity index (χ4v) is 3.76. The van der Waals surface area contributed by atoms with Crippen LogP contribution in [0.5, 0.6) is 11.5 Å². The normalized spacial score (nSPS) is 15.5. The van der Waals surface area contributed by atoms with Gasteiger partial charge in [0.05, 0.1) is 11.6 Å². The number of halogens is 2. The van der Waals surface area contributed by atoms with Crippen LogP contribution in [0.25, 0.3) is 6.08 Å². The standard InChI is InChI=1S/C20H18BrClN2O3S/c1-23-16(19(25)24(2)20(23)28)9-13-8-15(21)18(17(10-13)26-3)27-11-12-5-4-6-14(22)7-12/h4-10H,11H2,1-3H3/b16-9-. The number of methoxy groups -OCH3 is 1. The largest absolute Gasteiger partial charge is 0.493 e. The maximum atomic E-state index is 12.4. The van der Waals surface area contributed by atoms with E-state index in [9.17, 15) is 4.79 Å². The highest BCUT2D eigenvalue weighted by Gasteiger charge is 2.32. The second-order valence-electron chi connectivity index (χ2n) is 6.19. The van der Waals surface area contributed by atoms with Crippen LogP contribution in [0.4, 0.5) is 0 Å². The molecule has 1 fully saturated rings. The van der Waals surface area contributed by atoms with Crippen LogP contribution in [0.15, 0.2) is 46.6 Å². The third-order valence-electron chi connectivity index (χ3n) is 4.29. The van der Waals surface area contributed by atoms with Gasteiger partial charge in [-0.3, -0.25) is 9.69 Å². The zero-order chi connectivity index (χ0) is 20.4. The van der Waals surface area contributed by atoms with Crippen molar-refractivity contribution in [3.63, 3.8) is 0 Å². The summed E-state index contributed by atoms with van der Waals surface area (Å²) in [4.78, 5) is 15.5. The molecule has 0 spiro atoms. The van der Waals surface area contributed by atoms with Crippen molar-refractivity contribution >= 4 is 56.8 Å². The molecule has 146 valence electrons. The van der Waals surface area contributed by atoms with E-state index in [1.165, 1.54) is 4.90 Å². The van der Waals surface area contributed by atoms with Crippen LogP contribution in [-0.4, -0.2) is 42.0 Å². The van der Waals surface area contributed by atoms with Crippen molar-refractivity contribution in [2.75, 3.05) is 21.2 Å². The Kier molecular flexibility index (Phi) is 6.27. The number of carbonyl (C=O) groups excluding carboxylic acids is 1. The van der Waals surface area contributed by atoms with E-state index in [0.29, 0.717) is 38.4 Å². The fraction of sp³-hybridized carbons (Fsp3) is 0.200. The van der Waals surface area contributed by atoms with Gasteiger partial charge in [-0.2, -0.15) is 0 Å². The van der Waals surface area contributed by atoms with E-state index >= 15 is 0 Å². The third-order valence-corrected chi connectivity index (χ3v) is 5.66. The summed E-state index contributed by atoms with van der Waals surface area (Å²) in [5.41, 5.74) is 2.23. The highest BCUT2D eigenvalue weighted by molar-refractivity contribution is 9.10. The van der Waals surface area contributed by atoms with Crippen molar-refractivity contribution < 1.29 is 14.3 Å². The van der Waals surface area contributed by atoms with Crippen molar-refractivity contribution in [2.45, 2.75) is 6.61 Å². The van der Waals surface area contributed by atoms with Gasteiger partial charge < -0.3 is 14.4 Å². The van der Waals surface area contributed by atoms with Gasteiger partial charge in [0.1, 0.15) is 12.3 Å². The molecule has 1 saturated heterocycles. The van der Waals surface area contributed by atoms with E-state index < -0.39 is 0 Å². The Morgan fingerprint density at radius 2 is 1.96 bits per heavy atom. The maximum absolute atomic E-state index is 12.4. The number of likely N-dealkylation sites (N-methyl/N-ethyl adjacent to an activating group) is 2. The average Bonchev–Trinajstić information content (AvgIpc) is 2.84. The van der Waals surface area contributed by atoms with Crippen LogP contribution < -0.4 is 9.47 Å². The summed E-state index contributed by atoms with van der Waals surface area (Å²) in [5, 5.41) is 1.12. The molecule has 5 nitrogen and oxygen atoms in total. The van der Waals surface area contributed by atoms with Gasteiger partial charge in [0, 0.05) is 19.1 Å². The Balaban J connectivity index is 1.89. The highest BCUT2D eigenvalue weighted by Crippen LogP contribution is 2.38. The molecule has 0 N–H and O–H groups in total. The zero-order valence-corrected chi connectivity index (χ0v) is 18.7. The zero-order valence-electron chi connectivity index (χ0n) is 15.5. The smallest absolute Gasteiger partial charge is 0.276 e. The van der Waals surface area contributed by atoms with Crippen molar-refractivity contribution in [2.24, 2.45) is 0 Å². The first kappa shape index (κ1) is 20.6. The molecule has 0 unspecified atom stereocenters. The predicted molar refractivity (Wildman–Crippen MR) is 118 cm³/mol. The number of hydrogen-bond donors (Lipinski definition) is 0. The number of carbonyl (C=O) groups is 1. The summed E-state index contributed by atoms with van der Waals surface area (Å²) in [7, 11) is 5.00. The number of benzene rings is 2. The number of hydrogen-bond acceptors (Lipinski definition) is 4. The number of thiocarbonyl (C=S) groups is 1. The maximum Gasteiger partial charge on any atom is 0.276 e. The molecule has 0 bridgehead atoms. The molecular formula is C20H18BrClN2O3S. The Hall–Kier alpha value is -2.09. The second-order valence-corrected chi connectivity index (χ2v) is 7.84. The van der Waals surface area contributed by atoms with Crippen LogP contribution >= 0.6 is 39.7 Å². The topological polar surface area (TPSA) is 42.0 Å². The van der Waals surface area contributed by atoms with Crippen molar-refractivity contribution in [1.82, 2.24) is 9.80 Å². The van der Waals surface area contributed by atoms with Gasteiger partial charge in [0.25, 0.3) is 5.91 Å². The summed E-state index contributed by atoms with van der Waals surface area (Å²) < 4.78 is 12.2. The number of ether oxygens (including phenoxy) is 2. The Morgan fingerprint density at radius 1 is 1.21 bits per heavy atom. The van der Waals surface area contributed by atoms with Gasteiger partial charge in [-0.05, 0) is 69.6 Å². The van der Waals surface area contributed by atoms with E-state index in [0.717, 1.165) is 11.1 Å². The summed E-state index contributed by atoms with van der Waals surface area (Å²) in [6, 6.07) is 11.2. The molecule has 0 aliphatic carbocycles. The van der Waals surface area contributed by atoms with Gasteiger partial charge in [-0.25, -0.2) is 0 Å². The second kappa shape index (κ2) is 8.51. The SMILES string of the molecule is COc1cc(/C=C2/C(=O)N(C)C(=S)N2C)cc(Br)c1OCc1cccc(Cl)c1. The molecule has 2 aromatic rings. The molecule has 2 aromatic carbocycles. The summed E-state index contributed by atoms with van der Waals surface area (Å²) >= 11 is 14.8. The lowest BCUT2D eigenvalue weighted by molar-refractivity contribution is -0.121. The molecule has 0 radical (unpaired) electrons. The fourth-order valence-electron chi connectivity index (χ4n) is 2.79. The van der Waals surface area contributed by atoms with Crippen LogP contribution in [0.1, 0.15) is 11.1 Å². The van der Waals surface area contributed by atoms with E-state index in [-0.39, 0.29) is 5.91 Å². The first-order valence-corrected chi connectivity index (χ1v) is 9.92. The quantitative estimate of drug-likeness (QED) is 0.457. The number of amides is 1. The monoisotopic (exact) mass is 480 g/mol. The molecule has 1 aliphatic rings. The molecule has 0 saturated carbocycles. The van der Waals surface area contributed by atoms with Gasteiger partial charge in [0.15, 0.2) is 16.6 Å². The van der Waals surface area contributed by atoms with Gasteiger partial charge >= 0.3 is 0 Å². The molecule has 8 heteroatoms. The molecule has 1 aliphatic heterocycles. The molecule has 0 atom stereocenters. The minimum atomic E-state index is -0.149. The van der Waals surface area contributed by atoms with E-state index in [1.807, 2.05) is 36.4 Å². The highest BCUT2D eigenvalue weighted by atomic mass is 79.9. The predicted octanol–water partition coefficient (Wildman–Crippen LogP) is 4.72. The lowest BCUT2D eigenvalue weighted by Crippen LogP contribution is -2.26. The van der Waals surface area contributed by atoms with Crippen molar-refractivity contribution in [1.29, 1.82) is 0 Å². The van der Waals surface area contributed by atoms with E-state index in [2.05, 4.69) is 15.9 Å². The third kappa shape index (κ3) is 4.16. The van der Waals surface area contributed by atoms with Crippen LogP contribution in [0.3, 0.4) is 0 Å². The molecule has 1 amide bonds. The van der Waals surface area contributed by atoms with Crippen molar-refractivity contribution in [3.05, 3.63) is 62.7 Å². The first-order chi connectivity index (χ1) is 13.3. The first-order valence-electron chi connectivity index (χ1n) is 8.34. The Morgan fingerprint density at radius 3 is 2.57 bits per heavy atom. The lowest BCUT2D eigenvalue weighted by atomic mass is 10.1. The molecule has 28 heavy (non-hydrogen) atoms. The van der Waals surface area contributed by atoms with Gasteiger partial charge in [-0.15, -0.1) is 0 Å². The molecule has 1 heterocycles. The summed E-state index contributed by atoms with van der Waals surface area (Å²) in [6.07, 6.45) is 1.77. The van der Waals surface area contributed by atoms with Crippen molar-refractivity contribution in [3.8, 4) is 11.5 Å². The minimum absolute atomic E-state index is 0.149. The lowest BCUT2D eigenvalue weighted by Gasteiger charge is -2.15. The molecule has 3 rings (SSSR count). The van der Waals surface area contributed by atoms with E-state index in [1.54, 1.807) is 32.2 Å². The van der Waals surface area contributed by atoms with Crippen LogP contribution in [0, 0.1) is 0 Å².